The molecule has 0 amide bonds. The summed E-state index contributed by atoms with van der Waals surface area (Å²) >= 11 is 0. The highest BCUT2D eigenvalue weighted by molar-refractivity contribution is 5.70. The van der Waals surface area contributed by atoms with Crippen LogP contribution >= 0.6 is 0 Å². The van der Waals surface area contributed by atoms with Gasteiger partial charge in [0.15, 0.2) is 0 Å². The largest absolute Gasteiger partial charge is 0.461 e. The summed E-state index contributed by atoms with van der Waals surface area (Å²) in [6.45, 7) is 0.0799. The second-order valence-corrected chi connectivity index (χ2v) is 2.48. The molecule has 0 aromatic rings. The minimum absolute atomic E-state index is 0.0799. The van der Waals surface area contributed by atoms with Gasteiger partial charge in [0.2, 0.25) is 0 Å². The van der Waals surface area contributed by atoms with Crippen molar-refractivity contribution in [2.75, 3.05) is 13.7 Å². The highest BCUT2D eigenvalue weighted by Gasteiger charge is 2.21. The number of hydrogen-bond donors (Lipinski definition) is 0. The Balaban J connectivity index is 2.05. The summed E-state index contributed by atoms with van der Waals surface area (Å²) in [6, 6.07) is 0. The Morgan fingerprint density at radius 3 is 2.70 bits per heavy atom. The van der Waals surface area contributed by atoms with Gasteiger partial charge in [0.25, 0.3) is 0 Å². The van der Waals surface area contributed by atoms with Gasteiger partial charge in [-0.1, -0.05) is 0 Å². The smallest absolute Gasteiger partial charge is 0.332 e. The summed E-state index contributed by atoms with van der Waals surface area (Å²) in [6.07, 6.45) is 3.41. The van der Waals surface area contributed by atoms with Gasteiger partial charge in [0, 0.05) is 7.11 Å². The topological polar surface area (TPSA) is 35.5 Å². The molecule has 1 aliphatic rings. The molecule has 10 heavy (non-hydrogen) atoms. The molecule has 0 atom stereocenters. The molecule has 0 aromatic heterocycles. The van der Waals surface area contributed by atoms with Crippen molar-refractivity contribution in [2.45, 2.75) is 25.4 Å². The van der Waals surface area contributed by atoms with Crippen molar-refractivity contribution in [2.24, 2.45) is 0 Å². The van der Waals surface area contributed by atoms with Crippen LogP contribution in [0.1, 0.15) is 19.3 Å². The van der Waals surface area contributed by atoms with Gasteiger partial charge in [-0.05, 0) is 19.3 Å². The second-order valence-electron chi connectivity index (χ2n) is 2.48. The van der Waals surface area contributed by atoms with E-state index in [0.29, 0.717) is 0 Å². The zero-order valence-electron chi connectivity index (χ0n) is 6.13. The highest BCUT2D eigenvalue weighted by Crippen LogP contribution is 2.21. The second kappa shape index (κ2) is 3.56. The lowest BCUT2D eigenvalue weighted by Crippen LogP contribution is -2.26. The summed E-state index contributed by atoms with van der Waals surface area (Å²) in [7, 11) is 1.49. The zero-order valence-corrected chi connectivity index (χ0v) is 6.13. The van der Waals surface area contributed by atoms with Crippen LogP contribution in [0.4, 0.5) is 0 Å². The monoisotopic (exact) mass is 144 g/mol. The first-order valence-corrected chi connectivity index (χ1v) is 3.51. The molecule has 1 aliphatic carbocycles. The van der Waals surface area contributed by atoms with Gasteiger partial charge in [0.1, 0.15) is 12.7 Å². The maximum atomic E-state index is 10.7. The van der Waals surface area contributed by atoms with E-state index in [0.717, 1.165) is 12.8 Å². The SMILES string of the molecule is COCC(=O)OC1CCC1. The van der Waals surface area contributed by atoms with E-state index in [1.165, 1.54) is 13.5 Å². The lowest BCUT2D eigenvalue weighted by atomic mass is 9.96. The molecule has 1 saturated carbocycles. The number of hydrogen-bond acceptors (Lipinski definition) is 3. The quantitative estimate of drug-likeness (QED) is 0.548. The van der Waals surface area contributed by atoms with Gasteiger partial charge in [-0.15, -0.1) is 0 Å². The Bertz CT molecular complexity index is 118. The predicted molar refractivity (Wildman–Crippen MR) is 35.6 cm³/mol. The Morgan fingerprint density at radius 2 is 2.30 bits per heavy atom. The minimum Gasteiger partial charge on any atom is -0.461 e. The number of carbonyl (C=O) groups excluding carboxylic acids is 1. The third-order valence-electron chi connectivity index (χ3n) is 1.61. The van der Waals surface area contributed by atoms with Crippen LogP contribution < -0.4 is 0 Å². The van der Waals surface area contributed by atoms with E-state index in [-0.39, 0.29) is 18.7 Å². The van der Waals surface area contributed by atoms with Crippen molar-refractivity contribution in [3.05, 3.63) is 0 Å². The maximum absolute atomic E-state index is 10.7. The van der Waals surface area contributed by atoms with E-state index in [9.17, 15) is 4.79 Å². The third-order valence-corrected chi connectivity index (χ3v) is 1.61. The fourth-order valence-electron chi connectivity index (χ4n) is 0.826. The molecule has 0 radical (unpaired) electrons. The minimum atomic E-state index is -0.243. The molecule has 0 aromatic carbocycles. The van der Waals surface area contributed by atoms with Crippen molar-refractivity contribution in [3.63, 3.8) is 0 Å². The molecule has 0 heterocycles. The van der Waals surface area contributed by atoms with Crippen LogP contribution in [0.2, 0.25) is 0 Å². The van der Waals surface area contributed by atoms with Gasteiger partial charge >= 0.3 is 5.97 Å². The highest BCUT2D eigenvalue weighted by atomic mass is 16.6. The van der Waals surface area contributed by atoms with E-state index >= 15 is 0 Å². The van der Waals surface area contributed by atoms with Crippen LogP contribution in [0, 0.1) is 0 Å². The fourth-order valence-corrected chi connectivity index (χ4v) is 0.826. The third kappa shape index (κ3) is 1.99. The molecule has 0 aliphatic heterocycles. The molecular weight excluding hydrogens is 132 g/mol. The van der Waals surface area contributed by atoms with Crippen LogP contribution in [-0.2, 0) is 14.3 Å². The van der Waals surface area contributed by atoms with Crippen molar-refractivity contribution in [3.8, 4) is 0 Å². The Labute approximate surface area is 60.3 Å². The average Bonchev–Trinajstić information content (AvgIpc) is 1.80. The van der Waals surface area contributed by atoms with Gasteiger partial charge in [-0.3, -0.25) is 0 Å². The van der Waals surface area contributed by atoms with Crippen LogP contribution in [0.5, 0.6) is 0 Å². The van der Waals surface area contributed by atoms with Gasteiger partial charge in [0.05, 0.1) is 0 Å². The molecule has 1 rings (SSSR count). The molecule has 3 heteroatoms. The fraction of sp³-hybridized carbons (Fsp3) is 0.857. The number of rotatable bonds is 3. The molecule has 0 bridgehead atoms. The molecular formula is C7H12O3. The first-order valence-electron chi connectivity index (χ1n) is 3.51. The first-order chi connectivity index (χ1) is 4.83. The summed E-state index contributed by atoms with van der Waals surface area (Å²) in [5.74, 6) is -0.243. The van der Waals surface area contributed by atoms with Gasteiger partial charge in [-0.25, -0.2) is 4.79 Å². The lowest BCUT2D eigenvalue weighted by Gasteiger charge is -2.24. The normalized spacial score (nSPS) is 18.1. The first kappa shape index (κ1) is 7.54. The molecule has 3 nitrogen and oxygen atoms in total. The molecule has 0 saturated heterocycles. The van der Waals surface area contributed by atoms with Crippen molar-refractivity contribution in [1.82, 2.24) is 0 Å². The summed E-state index contributed by atoms with van der Waals surface area (Å²) < 4.78 is 9.56. The summed E-state index contributed by atoms with van der Waals surface area (Å²) in [4.78, 5) is 10.7. The standard InChI is InChI=1S/C7H12O3/c1-9-5-7(8)10-6-3-2-4-6/h6H,2-5H2,1H3. The van der Waals surface area contributed by atoms with E-state index in [4.69, 9.17) is 4.74 Å². The molecule has 1 fully saturated rings. The Morgan fingerprint density at radius 1 is 1.60 bits per heavy atom. The number of carbonyl (C=O) groups is 1. The van der Waals surface area contributed by atoms with E-state index in [1.807, 2.05) is 0 Å². The van der Waals surface area contributed by atoms with E-state index in [1.54, 1.807) is 0 Å². The zero-order chi connectivity index (χ0) is 7.40. The average molecular weight is 144 g/mol. The Hall–Kier alpha value is -0.570. The van der Waals surface area contributed by atoms with Crippen molar-refractivity contribution < 1.29 is 14.3 Å². The van der Waals surface area contributed by atoms with E-state index < -0.39 is 0 Å². The van der Waals surface area contributed by atoms with Crippen LogP contribution in [0.15, 0.2) is 0 Å². The number of esters is 1. The summed E-state index contributed by atoms with van der Waals surface area (Å²) in [5, 5.41) is 0. The lowest BCUT2D eigenvalue weighted by molar-refractivity contribution is -0.157. The molecule has 0 N–H and O–H groups in total. The maximum Gasteiger partial charge on any atom is 0.332 e. The van der Waals surface area contributed by atoms with Crippen LogP contribution in [0.3, 0.4) is 0 Å². The molecule has 58 valence electrons. The van der Waals surface area contributed by atoms with Crippen LogP contribution in [-0.4, -0.2) is 25.8 Å². The van der Waals surface area contributed by atoms with Gasteiger partial charge < -0.3 is 9.47 Å². The van der Waals surface area contributed by atoms with Crippen molar-refractivity contribution >= 4 is 5.97 Å². The number of ether oxygens (including phenoxy) is 2. The number of methoxy groups -OCH3 is 1. The Kier molecular flexibility index (Phi) is 2.68. The molecule has 0 spiro atoms. The van der Waals surface area contributed by atoms with Crippen molar-refractivity contribution in [1.29, 1.82) is 0 Å². The van der Waals surface area contributed by atoms with Crippen LogP contribution in [0.25, 0.3) is 0 Å². The summed E-state index contributed by atoms with van der Waals surface area (Å²) in [5.41, 5.74) is 0. The predicted octanol–water partition coefficient (Wildman–Crippen LogP) is 0.729. The van der Waals surface area contributed by atoms with E-state index in [2.05, 4.69) is 4.74 Å². The molecule has 0 unspecified atom stereocenters. The van der Waals surface area contributed by atoms with Gasteiger partial charge in [-0.2, -0.15) is 0 Å².